The van der Waals surface area contributed by atoms with E-state index in [0.717, 1.165) is 0 Å². The number of sulfone groups is 1. The van der Waals surface area contributed by atoms with Crippen molar-refractivity contribution in [3.63, 3.8) is 0 Å². The minimum Gasteiger partial charge on any atom is -0.388 e. The van der Waals surface area contributed by atoms with Crippen LogP contribution in [0.3, 0.4) is 0 Å². The van der Waals surface area contributed by atoms with Gasteiger partial charge in [-0.25, -0.2) is 8.42 Å². The van der Waals surface area contributed by atoms with Gasteiger partial charge < -0.3 is 9.47 Å². The van der Waals surface area contributed by atoms with E-state index < -0.39 is 9.84 Å². The molecule has 5 heteroatoms. The Bertz CT molecular complexity index is 1090. The normalized spacial score (nSPS) is 8.78. The highest BCUT2D eigenvalue weighted by molar-refractivity contribution is 7.91. The van der Waals surface area contributed by atoms with Gasteiger partial charge in [-0.1, -0.05) is 180 Å². The van der Waals surface area contributed by atoms with Crippen molar-refractivity contribution in [2.75, 3.05) is 28.4 Å². The third kappa shape index (κ3) is 23.1. The third-order valence-electron chi connectivity index (χ3n) is 5.10. The zero-order chi connectivity index (χ0) is 36.9. The number of ether oxygens (including phenoxy) is 2. The summed E-state index contributed by atoms with van der Waals surface area (Å²) in [5.41, 5.74) is 2.80. The molecule has 0 unspecified atom stereocenters. The van der Waals surface area contributed by atoms with Gasteiger partial charge in [-0.3, -0.25) is 0 Å². The van der Waals surface area contributed by atoms with Gasteiger partial charge in [0.15, 0.2) is 0 Å². The summed E-state index contributed by atoms with van der Waals surface area (Å²) in [5, 5.41) is 0. The lowest BCUT2D eigenvalue weighted by Gasteiger charge is -2.25. The maximum Gasteiger partial charge on any atom is 0.206 e. The lowest BCUT2D eigenvalue weighted by molar-refractivity contribution is 0.277. The van der Waals surface area contributed by atoms with Crippen molar-refractivity contribution < 1.29 is 17.9 Å². The topological polar surface area (TPSA) is 52.6 Å². The first-order chi connectivity index (χ1) is 22.2. The minimum absolute atomic E-state index is 0.0858. The SMILES string of the molecule is CC.CC.CC.CC.CC.CC(C)(c1ccccc1)c1ccccc1.COC.COC.O=S(=O)(c1ccccc1)c1ccccc1. The second-order valence-corrected chi connectivity index (χ2v) is 10.3. The molecule has 0 fully saturated rings. The van der Waals surface area contributed by atoms with Crippen molar-refractivity contribution in [3.8, 4) is 0 Å². The van der Waals surface area contributed by atoms with Crippen LogP contribution in [0.1, 0.15) is 94.2 Å². The molecule has 4 aromatic rings. The molecule has 0 aliphatic carbocycles. The predicted molar refractivity (Wildman–Crippen MR) is 206 cm³/mol. The standard InChI is InChI=1S/C15H16.C12H10O2S.2C2H6O.5C2H6/c1-15(2,13-9-5-3-6-10-13)14-11-7-4-8-12-14;13-15(14,11-7-3-1-4-8-11)12-9-5-2-6-10-12;2*1-3-2;5*1-2/h3-12H,1-2H3;1-10H;2*1-2H3;5*1-2H3. The molecule has 0 N–H and O–H groups in total. The van der Waals surface area contributed by atoms with Gasteiger partial charge >= 0.3 is 0 Å². The lowest BCUT2D eigenvalue weighted by Crippen LogP contribution is -2.18. The van der Waals surface area contributed by atoms with E-state index in [4.69, 9.17) is 0 Å². The van der Waals surface area contributed by atoms with Crippen molar-refractivity contribution >= 4 is 9.84 Å². The van der Waals surface area contributed by atoms with Crippen molar-refractivity contribution in [2.45, 2.75) is 98.3 Å². The summed E-state index contributed by atoms with van der Waals surface area (Å²) < 4.78 is 32.6. The summed E-state index contributed by atoms with van der Waals surface area (Å²) in [7, 11) is 3.16. The molecule has 0 bridgehead atoms. The first-order valence-corrected chi connectivity index (χ1v) is 18.0. The van der Waals surface area contributed by atoms with Gasteiger partial charge in [0.25, 0.3) is 0 Å². The Morgan fingerprint density at radius 2 is 0.565 bits per heavy atom. The Balaban J connectivity index is -0.000000169. The molecule has 0 saturated carbocycles. The highest BCUT2D eigenvalue weighted by Gasteiger charge is 2.21. The van der Waals surface area contributed by atoms with E-state index in [0.29, 0.717) is 9.79 Å². The smallest absolute Gasteiger partial charge is 0.206 e. The fourth-order valence-corrected chi connectivity index (χ4v) is 4.51. The molecule has 0 aliphatic rings. The fraction of sp³-hybridized carbons (Fsp3) is 0.415. The van der Waals surface area contributed by atoms with Crippen LogP contribution in [0.4, 0.5) is 0 Å². The predicted octanol–water partition coefficient (Wildman–Crippen LogP) is 12.2. The first-order valence-electron chi connectivity index (χ1n) is 16.5. The Kier molecular flexibility index (Phi) is 43.1. The van der Waals surface area contributed by atoms with Crippen LogP contribution in [-0.2, 0) is 24.7 Å². The summed E-state index contributed by atoms with van der Waals surface area (Å²) in [6, 6.07) is 38.1. The second kappa shape index (κ2) is 37.9. The maximum atomic E-state index is 12.0. The van der Waals surface area contributed by atoms with Crippen LogP contribution in [0.5, 0.6) is 0 Å². The van der Waals surface area contributed by atoms with Gasteiger partial charge in [0, 0.05) is 33.9 Å². The molecule has 4 nitrogen and oxygen atoms in total. The molecule has 0 amide bonds. The van der Waals surface area contributed by atoms with Crippen LogP contribution in [-0.4, -0.2) is 36.9 Å². The molecule has 262 valence electrons. The van der Waals surface area contributed by atoms with Gasteiger partial charge in [0.1, 0.15) is 0 Å². The first kappa shape index (κ1) is 52.3. The highest BCUT2D eigenvalue weighted by atomic mass is 32.2. The number of benzene rings is 4. The van der Waals surface area contributed by atoms with Gasteiger partial charge in [-0.15, -0.1) is 0 Å². The molecule has 0 aromatic heterocycles. The number of hydrogen-bond acceptors (Lipinski definition) is 4. The minimum atomic E-state index is -3.34. The van der Waals surface area contributed by atoms with E-state index in [1.807, 2.05) is 69.2 Å². The molecule has 0 heterocycles. The van der Waals surface area contributed by atoms with Crippen LogP contribution in [0.2, 0.25) is 0 Å². The molecule has 0 aliphatic heterocycles. The average molecular weight is 657 g/mol. The molecule has 4 rings (SSSR count). The van der Waals surface area contributed by atoms with E-state index in [-0.39, 0.29) is 5.41 Å². The molecule has 0 radical (unpaired) electrons. The largest absolute Gasteiger partial charge is 0.388 e. The van der Waals surface area contributed by atoms with Crippen LogP contribution in [0, 0.1) is 0 Å². The highest BCUT2D eigenvalue weighted by Crippen LogP contribution is 2.30. The Morgan fingerprint density at radius 1 is 0.391 bits per heavy atom. The van der Waals surface area contributed by atoms with Crippen molar-refractivity contribution in [1.29, 1.82) is 0 Å². The zero-order valence-corrected chi connectivity index (χ0v) is 32.9. The molecule has 0 atom stereocenters. The zero-order valence-electron chi connectivity index (χ0n) is 32.1. The second-order valence-electron chi connectivity index (χ2n) is 8.30. The van der Waals surface area contributed by atoms with Crippen LogP contribution >= 0.6 is 0 Å². The third-order valence-corrected chi connectivity index (χ3v) is 6.88. The van der Waals surface area contributed by atoms with E-state index in [1.54, 1.807) is 89.1 Å². The summed E-state index contributed by atoms with van der Waals surface area (Å²) in [4.78, 5) is 0.660. The molecule has 0 saturated heterocycles. The van der Waals surface area contributed by atoms with Gasteiger partial charge in [-0.05, 0) is 35.4 Å². The number of methoxy groups -OCH3 is 2. The van der Waals surface area contributed by atoms with E-state index in [9.17, 15) is 8.42 Å². The molecule has 0 spiro atoms. The summed E-state index contributed by atoms with van der Waals surface area (Å²) in [6.07, 6.45) is 0. The molecular formula is C41H68O4S. The maximum absolute atomic E-state index is 12.0. The van der Waals surface area contributed by atoms with Gasteiger partial charge in [-0.2, -0.15) is 0 Å². The summed E-state index contributed by atoms with van der Waals surface area (Å²) in [6.45, 7) is 24.5. The lowest BCUT2D eigenvalue weighted by atomic mass is 9.78. The van der Waals surface area contributed by atoms with Gasteiger partial charge in [0.2, 0.25) is 9.84 Å². The molecule has 4 aromatic carbocycles. The van der Waals surface area contributed by atoms with Crippen LogP contribution in [0.25, 0.3) is 0 Å². The van der Waals surface area contributed by atoms with Crippen molar-refractivity contribution in [3.05, 3.63) is 132 Å². The number of hydrogen-bond donors (Lipinski definition) is 0. The average Bonchev–Trinajstić information content (AvgIpc) is 3.15. The van der Waals surface area contributed by atoms with Gasteiger partial charge in [0.05, 0.1) is 9.79 Å². The molecule has 46 heavy (non-hydrogen) atoms. The van der Waals surface area contributed by atoms with E-state index in [1.165, 1.54) is 11.1 Å². The van der Waals surface area contributed by atoms with Crippen LogP contribution in [0.15, 0.2) is 131 Å². The van der Waals surface area contributed by atoms with E-state index in [2.05, 4.69) is 84.0 Å². The summed E-state index contributed by atoms with van der Waals surface area (Å²) >= 11 is 0. The fourth-order valence-electron chi connectivity index (χ4n) is 3.21. The van der Waals surface area contributed by atoms with Crippen molar-refractivity contribution in [2.24, 2.45) is 0 Å². The monoisotopic (exact) mass is 656 g/mol. The Morgan fingerprint density at radius 3 is 0.761 bits per heavy atom. The van der Waals surface area contributed by atoms with E-state index >= 15 is 0 Å². The molecular weight excluding hydrogens is 589 g/mol. The Hall–Kier alpha value is -3.25. The quantitative estimate of drug-likeness (QED) is 0.219. The number of rotatable bonds is 4. The summed E-state index contributed by atoms with van der Waals surface area (Å²) in [5.74, 6) is 0. The Labute approximate surface area is 286 Å². The van der Waals surface area contributed by atoms with Crippen LogP contribution < -0.4 is 0 Å². The van der Waals surface area contributed by atoms with Crippen molar-refractivity contribution in [1.82, 2.24) is 0 Å².